The van der Waals surface area contributed by atoms with Crippen molar-refractivity contribution in [1.29, 1.82) is 0 Å². The lowest BCUT2D eigenvalue weighted by molar-refractivity contribution is 0.00578. The maximum Gasteiger partial charge on any atom is 0.498 e. The summed E-state index contributed by atoms with van der Waals surface area (Å²) < 4.78 is 19.5. The molecule has 1 aromatic heterocycles. The summed E-state index contributed by atoms with van der Waals surface area (Å²) in [5.74, 6) is 0. The van der Waals surface area contributed by atoms with Crippen LogP contribution in [0.5, 0.6) is 0 Å². The van der Waals surface area contributed by atoms with E-state index in [4.69, 9.17) is 14.0 Å². The number of ether oxygens (including phenoxy) is 1. The average molecular weight is 264 g/mol. The van der Waals surface area contributed by atoms with Gasteiger partial charge in [0.1, 0.15) is 0 Å². The number of rotatable bonds is 2. The van der Waals surface area contributed by atoms with E-state index in [0.29, 0.717) is 6.61 Å². The zero-order chi connectivity index (χ0) is 14.1. The van der Waals surface area contributed by atoms with Gasteiger partial charge >= 0.3 is 7.12 Å². The lowest BCUT2D eigenvalue weighted by Crippen LogP contribution is -2.41. The molecule has 0 bridgehead atoms. The standard InChI is InChI=1S/C13H21BN2O3/c1-9-10(7-15-16(9)13(6)8-17-13)14-18-11(2,3)12(4,5)19-14/h7H,8H2,1-6H3. The fraction of sp³-hybridized carbons (Fsp3) is 0.769. The van der Waals surface area contributed by atoms with Gasteiger partial charge in [0.2, 0.25) is 0 Å². The first-order valence-corrected chi connectivity index (χ1v) is 6.71. The molecule has 0 radical (unpaired) electrons. The van der Waals surface area contributed by atoms with Crippen molar-refractivity contribution in [2.75, 3.05) is 6.61 Å². The molecule has 2 fully saturated rings. The molecule has 5 nitrogen and oxygen atoms in total. The van der Waals surface area contributed by atoms with Gasteiger partial charge < -0.3 is 14.0 Å². The predicted molar refractivity (Wildman–Crippen MR) is 72.3 cm³/mol. The highest BCUT2D eigenvalue weighted by atomic mass is 16.7. The minimum Gasteiger partial charge on any atom is -0.399 e. The maximum absolute atomic E-state index is 6.06. The van der Waals surface area contributed by atoms with E-state index >= 15 is 0 Å². The Morgan fingerprint density at radius 3 is 2.16 bits per heavy atom. The topological polar surface area (TPSA) is 48.8 Å². The number of aromatic nitrogens is 2. The van der Waals surface area contributed by atoms with Crippen LogP contribution in [0, 0.1) is 6.92 Å². The van der Waals surface area contributed by atoms with Crippen LogP contribution in [0.1, 0.15) is 40.3 Å². The summed E-state index contributed by atoms with van der Waals surface area (Å²) in [4.78, 5) is 0. The molecule has 0 aromatic carbocycles. The van der Waals surface area contributed by atoms with Gasteiger partial charge in [0.25, 0.3) is 0 Å². The van der Waals surface area contributed by atoms with E-state index in [9.17, 15) is 0 Å². The van der Waals surface area contributed by atoms with E-state index in [0.717, 1.165) is 11.2 Å². The molecule has 104 valence electrons. The third-order valence-corrected chi connectivity index (χ3v) is 4.57. The molecular formula is C13H21BN2O3. The van der Waals surface area contributed by atoms with Gasteiger partial charge in [-0.1, -0.05) is 0 Å². The first-order chi connectivity index (χ1) is 8.66. The summed E-state index contributed by atoms with van der Waals surface area (Å²) in [6.07, 6.45) is 1.82. The molecule has 6 heteroatoms. The lowest BCUT2D eigenvalue weighted by Gasteiger charge is -2.32. The largest absolute Gasteiger partial charge is 0.498 e. The Labute approximate surface area is 114 Å². The fourth-order valence-electron chi connectivity index (χ4n) is 2.33. The Morgan fingerprint density at radius 2 is 1.68 bits per heavy atom. The maximum atomic E-state index is 6.06. The molecule has 1 aromatic rings. The van der Waals surface area contributed by atoms with Crippen LogP contribution in [0.3, 0.4) is 0 Å². The van der Waals surface area contributed by atoms with E-state index in [-0.39, 0.29) is 24.0 Å². The summed E-state index contributed by atoms with van der Waals surface area (Å²) in [7, 11) is -0.360. The van der Waals surface area contributed by atoms with Gasteiger partial charge in [0.05, 0.1) is 17.8 Å². The van der Waals surface area contributed by atoms with Crippen LogP contribution >= 0.6 is 0 Å². The molecule has 0 amide bonds. The number of hydrogen-bond donors (Lipinski definition) is 0. The summed E-state index contributed by atoms with van der Waals surface area (Å²) in [6.45, 7) is 13.0. The Hall–Kier alpha value is -0.845. The van der Waals surface area contributed by atoms with Crippen molar-refractivity contribution in [1.82, 2.24) is 9.78 Å². The molecule has 1 atom stereocenters. The molecule has 2 aliphatic heterocycles. The number of nitrogens with zero attached hydrogens (tertiary/aromatic N) is 2. The molecular weight excluding hydrogens is 243 g/mol. The second-order valence-electron chi connectivity index (χ2n) is 6.65. The Bertz CT molecular complexity index is 504. The van der Waals surface area contributed by atoms with Crippen LogP contribution in [0.2, 0.25) is 0 Å². The average Bonchev–Trinajstić information content (AvgIpc) is 2.81. The van der Waals surface area contributed by atoms with Gasteiger partial charge in [-0.05, 0) is 41.5 Å². The van der Waals surface area contributed by atoms with E-state index < -0.39 is 0 Å². The van der Waals surface area contributed by atoms with Gasteiger partial charge in [-0.3, -0.25) is 0 Å². The smallest absolute Gasteiger partial charge is 0.399 e. The molecule has 1 unspecified atom stereocenters. The van der Waals surface area contributed by atoms with Crippen LogP contribution in [-0.2, 0) is 19.8 Å². The van der Waals surface area contributed by atoms with E-state index in [1.54, 1.807) is 0 Å². The van der Waals surface area contributed by atoms with Crippen molar-refractivity contribution in [3.8, 4) is 0 Å². The molecule has 0 aliphatic carbocycles. The van der Waals surface area contributed by atoms with E-state index in [1.807, 2.05) is 24.7 Å². The van der Waals surface area contributed by atoms with Crippen molar-refractivity contribution in [2.45, 2.75) is 58.5 Å². The second-order valence-corrected chi connectivity index (χ2v) is 6.65. The van der Waals surface area contributed by atoms with Crippen LogP contribution in [-0.4, -0.2) is 34.7 Å². The van der Waals surface area contributed by atoms with Gasteiger partial charge in [-0.2, -0.15) is 5.10 Å². The summed E-state index contributed by atoms with van der Waals surface area (Å²) in [5, 5.41) is 4.42. The van der Waals surface area contributed by atoms with Crippen molar-refractivity contribution in [3.05, 3.63) is 11.9 Å². The monoisotopic (exact) mass is 264 g/mol. The van der Waals surface area contributed by atoms with Gasteiger partial charge in [0.15, 0.2) is 5.72 Å². The van der Waals surface area contributed by atoms with Gasteiger partial charge in [0, 0.05) is 17.4 Å². The highest BCUT2D eigenvalue weighted by Crippen LogP contribution is 2.37. The Kier molecular flexibility index (Phi) is 2.51. The SMILES string of the molecule is Cc1c(B2OC(C)(C)C(C)(C)O2)cnn1C1(C)CO1. The third kappa shape index (κ3) is 1.85. The van der Waals surface area contributed by atoms with Crippen molar-refractivity contribution < 1.29 is 14.0 Å². The zero-order valence-corrected chi connectivity index (χ0v) is 12.5. The quantitative estimate of drug-likeness (QED) is 0.594. The summed E-state index contributed by atoms with van der Waals surface area (Å²) >= 11 is 0. The number of epoxide rings is 1. The van der Waals surface area contributed by atoms with Crippen molar-refractivity contribution in [3.63, 3.8) is 0 Å². The molecule has 19 heavy (non-hydrogen) atoms. The minimum atomic E-state index is -0.360. The Balaban J connectivity index is 1.91. The summed E-state index contributed by atoms with van der Waals surface area (Å²) in [6, 6.07) is 0. The van der Waals surface area contributed by atoms with Crippen LogP contribution < -0.4 is 5.46 Å². The molecule has 0 saturated carbocycles. The predicted octanol–water partition coefficient (Wildman–Crippen LogP) is 1.19. The van der Waals surface area contributed by atoms with Crippen molar-refractivity contribution in [2.24, 2.45) is 0 Å². The van der Waals surface area contributed by atoms with Gasteiger partial charge in [-0.25, -0.2) is 4.68 Å². The van der Waals surface area contributed by atoms with Crippen molar-refractivity contribution >= 4 is 12.6 Å². The van der Waals surface area contributed by atoms with E-state index in [1.165, 1.54) is 0 Å². The zero-order valence-electron chi connectivity index (χ0n) is 12.5. The van der Waals surface area contributed by atoms with E-state index in [2.05, 4.69) is 32.8 Å². The summed E-state index contributed by atoms with van der Waals surface area (Å²) in [5.41, 5.74) is 1.08. The normalized spacial score (nSPS) is 31.8. The third-order valence-electron chi connectivity index (χ3n) is 4.57. The highest BCUT2D eigenvalue weighted by Gasteiger charge is 2.53. The Morgan fingerprint density at radius 1 is 1.16 bits per heavy atom. The lowest BCUT2D eigenvalue weighted by atomic mass is 9.79. The number of hydrogen-bond acceptors (Lipinski definition) is 4. The second kappa shape index (κ2) is 3.62. The van der Waals surface area contributed by atoms with Crippen LogP contribution in [0.4, 0.5) is 0 Å². The molecule has 3 rings (SSSR count). The minimum absolute atomic E-state index is 0.286. The fourth-order valence-corrected chi connectivity index (χ4v) is 2.33. The molecule has 2 aliphatic rings. The van der Waals surface area contributed by atoms with Gasteiger partial charge in [-0.15, -0.1) is 0 Å². The highest BCUT2D eigenvalue weighted by molar-refractivity contribution is 6.62. The molecule has 3 heterocycles. The first kappa shape index (κ1) is 13.2. The first-order valence-electron chi connectivity index (χ1n) is 6.71. The molecule has 0 N–H and O–H groups in total. The molecule has 2 saturated heterocycles. The van der Waals surface area contributed by atoms with Crippen LogP contribution in [0.25, 0.3) is 0 Å². The van der Waals surface area contributed by atoms with Crippen LogP contribution in [0.15, 0.2) is 6.20 Å². The molecule has 0 spiro atoms.